The maximum atomic E-state index is 12.8. The van der Waals surface area contributed by atoms with Crippen LogP contribution >= 0.6 is 0 Å². The van der Waals surface area contributed by atoms with E-state index in [2.05, 4.69) is 24.5 Å². The number of fused-ring (bicyclic) bond motifs is 1. The van der Waals surface area contributed by atoms with E-state index in [0.29, 0.717) is 30.4 Å². The minimum absolute atomic E-state index is 0.0621. The van der Waals surface area contributed by atoms with Crippen LogP contribution in [-0.2, 0) is 16.1 Å². The van der Waals surface area contributed by atoms with Crippen LogP contribution in [0.2, 0.25) is 0 Å². The standard InChI is InChI=1S/C23H28N4O3/c1-17(2)12-13-24-21(28)15-26-19-10-6-7-11-20(19)27(16-22(26)29)23(30)25-14-18-8-4-3-5-9-18/h3-11,17H,12-16H2,1-2H3,(H,24,28)(H,25,30). The maximum absolute atomic E-state index is 12.8. The predicted molar refractivity (Wildman–Crippen MR) is 117 cm³/mol. The number of amides is 4. The van der Waals surface area contributed by atoms with E-state index in [0.717, 1.165) is 12.0 Å². The molecule has 7 heteroatoms. The van der Waals surface area contributed by atoms with E-state index in [1.165, 1.54) is 9.80 Å². The zero-order chi connectivity index (χ0) is 21.5. The van der Waals surface area contributed by atoms with Crippen molar-refractivity contribution in [1.29, 1.82) is 0 Å². The summed E-state index contributed by atoms with van der Waals surface area (Å²) in [5.74, 6) is -0.00560. The number of benzene rings is 2. The third kappa shape index (κ3) is 5.37. The van der Waals surface area contributed by atoms with E-state index in [1.54, 1.807) is 18.2 Å². The Hall–Kier alpha value is -3.35. The number of para-hydroxylation sites is 2. The fraction of sp³-hybridized carbons (Fsp3) is 0.348. The van der Waals surface area contributed by atoms with Crippen LogP contribution in [0.4, 0.5) is 16.2 Å². The van der Waals surface area contributed by atoms with Crippen molar-refractivity contribution in [2.24, 2.45) is 5.92 Å². The van der Waals surface area contributed by atoms with Gasteiger partial charge < -0.3 is 10.6 Å². The molecule has 2 N–H and O–H groups in total. The van der Waals surface area contributed by atoms with Crippen molar-refractivity contribution in [3.8, 4) is 0 Å². The maximum Gasteiger partial charge on any atom is 0.322 e. The second kappa shape index (κ2) is 9.91. The van der Waals surface area contributed by atoms with Gasteiger partial charge in [0.1, 0.15) is 13.1 Å². The summed E-state index contributed by atoms with van der Waals surface area (Å²) in [6, 6.07) is 16.4. The Bertz CT molecular complexity index is 898. The number of nitrogens with zero attached hydrogens (tertiary/aromatic N) is 2. The molecule has 1 aliphatic heterocycles. The third-order valence-electron chi connectivity index (χ3n) is 4.94. The smallest absolute Gasteiger partial charge is 0.322 e. The van der Waals surface area contributed by atoms with Crippen LogP contribution in [0, 0.1) is 5.92 Å². The van der Waals surface area contributed by atoms with Crippen molar-refractivity contribution in [3.63, 3.8) is 0 Å². The quantitative estimate of drug-likeness (QED) is 0.739. The third-order valence-corrected chi connectivity index (χ3v) is 4.94. The molecule has 7 nitrogen and oxygen atoms in total. The first-order valence-corrected chi connectivity index (χ1v) is 10.2. The monoisotopic (exact) mass is 408 g/mol. The van der Waals surface area contributed by atoms with Gasteiger partial charge in [0.25, 0.3) is 0 Å². The van der Waals surface area contributed by atoms with Crippen LogP contribution in [0.3, 0.4) is 0 Å². The fourth-order valence-electron chi connectivity index (χ4n) is 3.28. The molecule has 1 heterocycles. The Morgan fingerprint density at radius 3 is 2.33 bits per heavy atom. The molecule has 0 fully saturated rings. The van der Waals surface area contributed by atoms with Crippen LogP contribution < -0.4 is 20.4 Å². The number of carbonyl (C=O) groups is 3. The summed E-state index contributed by atoms with van der Waals surface area (Å²) in [6.45, 7) is 4.95. The number of hydrogen-bond acceptors (Lipinski definition) is 3. The number of rotatable bonds is 7. The number of anilines is 2. The fourth-order valence-corrected chi connectivity index (χ4v) is 3.28. The van der Waals surface area contributed by atoms with E-state index in [-0.39, 0.29) is 30.9 Å². The summed E-state index contributed by atoms with van der Waals surface area (Å²) < 4.78 is 0. The first kappa shape index (κ1) is 21.4. The van der Waals surface area contributed by atoms with Gasteiger partial charge >= 0.3 is 6.03 Å². The summed E-state index contributed by atoms with van der Waals surface area (Å²) in [4.78, 5) is 40.8. The molecule has 0 radical (unpaired) electrons. The van der Waals surface area contributed by atoms with Crippen LogP contribution in [0.5, 0.6) is 0 Å². The normalized spacial score (nSPS) is 13.2. The molecule has 1 aliphatic rings. The van der Waals surface area contributed by atoms with Crippen LogP contribution in [0.15, 0.2) is 54.6 Å². The molecule has 0 spiro atoms. The lowest BCUT2D eigenvalue weighted by Gasteiger charge is -2.35. The molecule has 0 saturated heterocycles. The van der Waals surface area contributed by atoms with Gasteiger partial charge in [-0.05, 0) is 30.0 Å². The first-order valence-electron chi connectivity index (χ1n) is 10.2. The van der Waals surface area contributed by atoms with E-state index in [4.69, 9.17) is 0 Å². The molecule has 158 valence electrons. The number of carbonyl (C=O) groups excluding carboxylic acids is 3. The second-order valence-electron chi connectivity index (χ2n) is 7.73. The lowest BCUT2D eigenvalue weighted by molar-refractivity contribution is -0.123. The van der Waals surface area contributed by atoms with Crippen molar-refractivity contribution in [2.45, 2.75) is 26.8 Å². The van der Waals surface area contributed by atoms with Crippen molar-refractivity contribution < 1.29 is 14.4 Å². The van der Waals surface area contributed by atoms with Gasteiger partial charge in [-0.2, -0.15) is 0 Å². The topological polar surface area (TPSA) is 81.8 Å². The SMILES string of the molecule is CC(C)CCNC(=O)CN1C(=O)CN(C(=O)NCc2ccccc2)c2ccccc21. The zero-order valence-corrected chi connectivity index (χ0v) is 17.4. The lowest BCUT2D eigenvalue weighted by Crippen LogP contribution is -2.53. The Kier molecular flexibility index (Phi) is 7.06. The van der Waals surface area contributed by atoms with E-state index in [1.807, 2.05) is 36.4 Å². The average molecular weight is 409 g/mol. The Morgan fingerprint density at radius 2 is 1.63 bits per heavy atom. The van der Waals surface area contributed by atoms with E-state index >= 15 is 0 Å². The molecule has 0 aromatic heterocycles. The first-order chi connectivity index (χ1) is 14.5. The molecular formula is C23H28N4O3. The van der Waals surface area contributed by atoms with Crippen molar-refractivity contribution in [3.05, 3.63) is 60.2 Å². The molecule has 2 aromatic rings. The highest BCUT2D eigenvalue weighted by Crippen LogP contribution is 2.33. The van der Waals surface area contributed by atoms with Gasteiger partial charge in [-0.15, -0.1) is 0 Å². The van der Waals surface area contributed by atoms with Crippen LogP contribution in [0.25, 0.3) is 0 Å². The van der Waals surface area contributed by atoms with Gasteiger partial charge in [-0.3, -0.25) is 19.4 Å². The summed E-state index contributed by atoms with van der Waals surface area (Å²) in [6.07, 6.45) is 0.881. The Labute approximate surface area is 177 Å². The lowest BCUT2D eigenvalue weighted by atomic mass is 10.1. The van der Waals surface area contributed by atoms with Gasteiger partial charge in [-0.25, -0.2) is 4.79 Å². The van der Waals surface area contributed by atoms with Gasteiger partial charge in [0, 0.05) is 13.1 Å². The second-order valence-corrected chi connectivity index (χ2v) is 7.73. The minimum Gasteiger partial charge on any atom is -0.355 e. The molecule has 0 bridgehead atoms. The molecule has 0 aliphatic carbocycles. The molecule has 3 rings (SSSR count). The number of nitrogens with one attached hydrogen (secondary N) is 2. The van der Waals surface area contributed by atoms with Gasteiger partial charge in [0.05, 0.1) is 11.4 Å². The van der Waals surface area contributed by atoms with Gasteiger partial charge in [0.2, 0.25) is 11.8 Å². The predicted octanol–water partition coefficient (Wildman–Crippen LogP) is 2.91. The minimum atomic E-state index is -0.347. The summed E-state index contributed by atoms with van der Waals surface area (Å²) in [5.41, 5.74) is 2.14. The summed E-state index contributed by atoms with van der Waals surface area (Å²) >= 11 is 0. The molecule has 2 aromatic carbocycles. The number of hydrogen-bond donors (Lipinski definition) is 2. The molecule has 0 atom stereocenters. The molecule has 0 saturated carbocycles. The molecule has 4 amide bonds. The van der Waals surface area contributed by atoms with Crippen LogP contribution in [-0.4, -0.2) is 37.5 Å². The average Bonchev–Trinajstić information content (AvgIpc) is 2.74. The van der Waals surface area contributed by atoms with Crippen molar-refractivity contribution in [2.75, 3.05) is 29.4 Å². The number of urea groups is 1. The van der Waals surface area contributed by atoms with Crippen LogP contribution in [0.1, 0.15) is 25.8 Å². The Balaban J connectivity index is 1.69. The largest absolute Gasteiger partial charge is 0.355 e. The summed E-state index contributed by atoms with van der Waals surface area (Å²) in [7, 11) is 0. The van der Waals surface area contributed by atoms with Crippen molar-refractivity contribution in [1.82, 2.24) is 10.6 Å². The molecule has 0 unspecified atom stereocenters. The van der Waals surface area contributed by atoms with Gasteiger partial charge in [0.15, 0.2) is 0 Å². The van der Waals surface area contributed by atoms with Gasteiger partial charge in [-0.1, -0.05) is 56.3 Å². The highest BCUT2D eigenvalue weighted by Gasteiger charge is 2.33. The zero-order valence-electron chi connectivity index (χ0n) is 17.4. The molecular weight excluding hydrogens is 380 g/mol. The highest BCUT2D eigenvalue weighted by molar-refractivity contribution is 6.12. The van der Waals surface area contributed by atoms with Crippen molar-refractivity contribution >= 4 is 29.2 Å². The molecule has 30 heavy (non-hydrogen) atoms. The Morgan fingerprint density at radius 1 is 0.967 bits per heavy atom. The van der Waals surface area contributed by atoms with E-state index in [9.17, 15) is 14.4 Å². The highest BCUT2D eigenvalue weighted by atomic mass is 16.2. The summed E-state index contributed by atoms with van der Waals surface area (Å²) in [5, 5.41) is 5.72. The van der Waals surface area contributed by atoms with E-state index < -0.39 is 0 Å².